The summed E-state index contributed by atoms with van der Waals surface area (Å²) in [5.41, 5.74) is 9.04. The number of nitrogens with two attached hydrogens (primary N) is 1. The summed E-state index contributed by atoms with van der Waals surface area (Å²) in [6.07, 6.45) is 5.32. The predicted octanol–water partition coefficient (Wildman–Crippen LogP) is 1.26. The molecule has 0 atom stereocenters. The summed E-state index contributed by atoms with van der Waals surface area (Å²) in [5, 5.41) is 21.4. The van der Waals surface area contributed by atoms with E-state index in [9.17, 15) is 5.11 Å². The summed E-state index contributed by atoms with van der Waals surface area (Å²) in [7, 11) is 1.68. The van der Waals surface area contributed by atoms with Crippen LogP contribution in [-0.4, -0.2) is 35.0 Å². The maximum atomic E-state index is 9.19. The molecule has 7 heteroatoms. The number of aliphatic hydroxyl groups is 1. The maximum Gasteiger partial charge on any atom is 0.162 e. The lowest BCUT2D eigenvalue weighted by molar-refractivity contribution is 0.215. The number of nitriles is 1. The minimum atomic E-state index is -0.272. The second-order valence-electron chi connectivity index (χ2n) is 4.83. The Morgan fingerprint density at radius 3 is 2.83 bits per heavy atom. The number of fused-ring (bicyclic) bond motifs is 1. The fraction of sp³-hybridized carbons (Fsp3) is 0.294. The average molecular weight is 329 g/mol. The van der Waals surface area contributed by atoms with Gasteiger partial charge in [0.1, 0.15) is 12.4 Å². The first-order chi connectivity index (χ1) is 11.5. The van der Waals surface area contributed by atoms with E-state index in [1.54, 1.807) is 30.2 Å². The minimum Gasteiger partial charge on any atom is -0.399 e. The number of nitrogens with one attached hydrogen (secondary N) is 1. The predicted molar refractivity (Wildman–Crippen MR) is 93.2 cm³/mol. The van der Waals surface area contributed by atoms with Gasteiger partial charge in [0.25, 0.3) is 0 Å². The number of rotatable bonds is 3. The lowest BCUT2D eigenvalue weighted by Crippen LogP contribution is -2.20. The van der Waals surface area contributed by atoms with Crippen LogP contribution in [-0.2, 0) is 11.2 Å². The van der Waals surface area contributed by atoms with Crippen molar-refractivity contribution in [3.05, 3.63) is 60.1 Å². The van der Waals surface area contributed by atoms with Crippen molar-refractivity contribution < 1.29 is 9.84 Å². The van der Waals surface area contributed by atoms with Gasteiger partial charge in [-0.1, -0.05) is 19.2 Å². The molecule has 0 aliphatic carbocycles. The molecule has 2 rings (SSSR count). The van der Waals surface area contributed by atoms with Crippen LogP contribution in [0, 0.1) is 11.3 Å². The molecule has 1 aromatic rings. The second kappa shape index (κ2) is 9.35. The number of aromatic nitrogens is 2. The number of nitrogens with zero attached hydrogens (tertiary/aromatic N) is 3. The number of ether oxygens (including phenoxy) is 1. The van der Waals surface area contributed by atoms with Crippen molar-refractivity contribution in [2.24, 2.45) is 5.73 Å². The smallest absolute Gasteiger partial charge is 0.162 e. The summed E-state index contributed by atoms with van der Waals surface area (Å²) in [4.78, 5) is 4.08. The van der Waals surface area contributed by atoms with E-state index in [0.717, 1.165) is 12.3 Å². The van der Waals surface area contributed by atoms with Gasteiger partial charge in [0, 0.05) is 25.8 Å². The molecular formula is C17H23N5O2. The fourth-order valence-corrected chi connectivity index (χ4v) is 2.03. The SMILES string of the molecule is C=C/C=C1\C(=C)N/C(=C(\N)CO)Cc2c(C#N)ncn21.CCOC. The van der Waals surface area contributed by atoms with Crippen LogP contribution in [0.4, 0.5) is 0 Å². The van der Waals surface area contributed by atoms with Gasteiger partial charge in [-0.3, -0.25) is 4.57 Å². The van der Waals surface area contributed by atoms with E-state index in [2.05, 4.69) is 28.2 Å². The molecular weight excluding hydrogens is 306 g/mol. The maximum absolute atomic E-state index is 9.19. The van der Waals surface area contributed by atoms with Gasteiger partial charge in [0.15, 0.2) is 5.69 Å². The van der Waals surface area contributed by atoms with Gasteiger partial charge in [-0.25, -0.2) is 4.98 Å². The first-order valence-electron chi connectivity index (χ1n) is 7.36. The monoisotopic (exact) mass is 329 g/mol. The number of allylic oxidation sites excluding steroid dienone is 4. The normalized spacial score (nSPS) is 16.9. The van der Waals surface area contributed by atoms with Crippen molar-refractivity contribution in [2.45, 2.75) is 13.3 Å². The van der Waals surface area contributed by atoms with Crippen LogP contribution in [0.25, 0.3) is 5.70 Å². The molecule has 0 fully saturated rings. The van der Waals surface area contributed by atoms with Crippen LogP contribution in [0.15, 0.2) is 48.7 Å². The van der Waals surface area contributed by atoms with Gasteiger partial charge >= 0.3 is 0 Å². The Morgan fingerprint density at radius 2 is 2.33 bits per heavy atom. The van der Waals surface area contributed by atoms with Crippen molar-refractivity contribution in [1.82, 2.24) is 14.9 Å². The Bertz CT molecular complexity index is 705. The van der Waals surface area contributed by atoms with Crippen LogP contribution in [0.5, 0.6) is 0 Å². The van der Waals surface area contributed by atoms with Gasteiger partial charge in [0.05, 0.1) is 29.4 Å². The van der Waals surface area contributed by atoms with E-state index in [-0.39, 0.29) is 6.61 Å². The highest BCUT2D eigenvalue weighted by Gasteiger charge is 2.22. The highest BCUT2D eigenvalue weighted by atomic mass is 16.5. The van der Waals surface area contributed by atoms with E-state index < -0.39 is 0 Å². The molecule has 1 aromatic heterocycles. The molecule has 0 radical (unpaired) electrons. The standard InChI is InChI=1S/C14H15N5O.C3H8O/c1-3-4-13-9(2)18-11(10(16)7-20)5-14-12(6-15)17-8-19(13)14;1-3-4-2/h3-4,8,18,20H,1-2,5,7,16H2;3H2,1-2H3/b11-10-,13-4+;. The van der Waals surface area contributed by atoms with Gasteiger partial charge in [-0.2, -0.15) is 5.26 Å². The molecule has 4 N–H and O–H groups in total. The lowest BCUT2D eigenvalue weighted by atomic mass is 10.2. The van der Waals surface area contributed by atoms with Crippen molar-refractivity contribution >= 4 is 5.70 Å². The zero-order chi connectivity index (χ0) is 18.1. The summed E-state index contributed by atoms with van der Waals surface area (Å²) < 4.78 is 6.31. The van der Waals surface area contributed by atoms with Crippen molar-refractivity contribution in [3.63, 3.8) is 0 Å². The number of methoxy groups -OCH3 is 1. The molecule has 0 bridgehead atoms. The Balaban J connectivity index is 0.000000648. The minimum absolute atomic E-state index is 0.272. The second-order valence-corrected chi connectivity index (χ2v) is 4.83. The van der Waals surface area contributed by atoms with Crippen LogP contribution in [0.2, 0.25) is 0 Å². The molecule has 0 saturated carbocycles. The van der Waals surface area contributed by atoms with Gasteiger partial charge < -0.3 is 20.9 Å². The quantitative estimate of drug-likeness (QED) is 0.770. The number of aliphatic hydroxyl groups excluding tert-OH is 1. The third-order valence-electron chi connectivity index (χ3n) is 3.31. The molecule has 7 nitrogen and oxygen atoms in total. The zero-order valence-electron chi connectivity index (χ0n) is 14.0. The third-order valence-corrected chi connectivity index (χ3v) is 3.31. The first kappa shape index (κ1) is 19.2. The van der Waals surface area contributed by atoms with E-state index in [0.29, 0.717) is 34.9 Å². The fourth-order valence-electron chi connectivity index (χ4n) is 2.03. The molecule has 0 saturated heterocycles. The van der Waals surface area contributed by atoms with Gasteiger partial charge in [0.2, 0.25) is 0 Å². The Hall–Kier alpha value is -2.82. The molecule has 128 valence electrons. The highest BCUT2D eigenvalue weighted by Crippen LogP contribution is 2.25. The van der Waals surface area contributed by atoms with E-state index in [4.69, 9.17) is 11.0 Å². The van der Waals surface area contributed by atoms with Crippen LogP contribution in [0.1, 0.15) is 18.3 Å². The van der Waals surface area contributed by atoms with Crippen molar-refractivity contribution in [3.8, 4) is 6.07 Å². The molecule has 0 unspecified atom stereocenters. The first-order valence-corrected chi connectivity index (χ1v) is 7.36. The Morgan fingerprint density at radius 1 is 1.67 bits per heavy atom. The highest BCUT2D eigenvalue weighted by molar-refractivity contribution is 5.67. The number of hydrogen-bond donors (Lipinski definition) is 3. The van der Waals surface area contributed by atoms with Gasteiger partial charge in [-0.05, 0) is 13.0 Å². The average Bonchev–Trinajstić information content (AvgIpc) is 2.94. The molecule has 0 aromatic carbocycles. The summed E-state index contributed by atoms with van der Waals surface area (Å²) in [5.74, 6) is 0. The van der Waals surface area contributed by atoms with E-state index in [1.165, 1.54) is 0 Å². The molecule has 0 amide bonds. The summed E-state index contributed by atoms with van der Waals surface area (Å²) in [6.45, 7) is 10.1. The molecule has 0 spiro atoms. The summed E-state index contributed by atoms with van der Waals surface area (Å²) >= 11 is 0. The van der Waals surface area contributed by atoms with Crippen molar-refractivity contribution in [2.75, 3.05) is 20.3 Å². The third kappa shape index (κ3) is 4.35. The topological polar surface area (TPSA) is 109 Å². The summed E-state index contributed by atoms with van der Waals surface area (Å²) in [6, 6.07) is 2.05. The van der Waals surface area contributed by atoms with Crippen LogP contribution < -0.4 is 11.1 Å². The van der Waals surface area contributed by atoms with Crippen LogP contribution in [0.3, 0.4) is 0 Å². The molecule has 2 heterocycles. The van der Waals surface area contributed by atoms with Crippen molar-refractivity contribution in [1.29, 1.82) is 5.26 Å². The molecule has 1 aliphatic rings. The number of hydrogen-bond acceptors (Lipinski definition) is 6. The molecule has 24 heavy (non-hydrogen) atoms. The van der Waals surface area contributed by atoms with E-state index >= 15 is 0 Å². The lowest BCUT2D eigenvalue weighted by Gasteiger charge is -2.12. The Labute approximate surface area is 142 Å². The van der Waals surface area contributed by atoms with Crippen LogP contribution >= 0.6 is 0 Å². The Kier molecular flexibility index (Phi) is 7.49. The van der Waals surface area contributed by atoms with E-state index in [1.807, 2.05) is 13.0 Å². The zero-order valence-corrected chi connectivity index (χ0v) is 14.0. The van der Waals surface area contributed by atoms with Gasteiger partial charge in [-0.15, -0.1) is 0 Å². The largest absolute Gasteiger partial charge is 0.399 e. The number of imidazole rings is 1. The molecule has 1 aliphatic heterocycles.